The summed E-state index contributed by atoms with van der Waals surface area (Å²) in [4.78, 5) is 0. The summed E-state index contributed by atoms with van der Waals surface area (Å²) in [6.45, 7) is 3.44. The third-order valence-electron chi connectivity index (χ3n) is 5.66. The Balaban J connectivity index is 1.22. The van der Waals surface area contributed by atoms with Gasteiger partial charge in [0.15, 0.2) is 0 Å². The molecule has 6 heteroatoms. The molecule has 1 fully saturated rings. The molecule has 3 aromatic carbocycles. The highest BCUT2D eigenvalue weighted by molar-refractivity contribution is 7.99. The van der Waals surface area contributed by atoms with Gasteiger partial charge in [-0.3, -0.25) is 0 Å². The van der Waals surface area contributed by atoms with E-state index in [9.17, 15) is 0 Å². The standard InChI is InChI=1S/C28H32ClNO3S/c1-2-8-22-17-24(33-23-9-4-3-5-10-23)12-14-27(22)31-15-6-7-16-32-28-13-11-21(18-25(28)29)26-19-34-20-30-26/h3-5,9-14,17-18,26,30H,2,6-8,15-16,19-20H2,1H3. The van der Waals surface area contributed by atoms with E-state index in [1.807, 2.05) is 66.4 Å². The van der Waals surface area contributed by atoms with Crippen molar-refractivity contribution in [2.75, 3.05) is 24.8 Å². The highest BCUT2D eigenvalue weighted by Gasteiger charge is 2.17. The second-order valence-electron chi connectivity index (χ2n) is 8.30. The lowest BCUT2D eigenvalue weighted by molar-refractivity contribution is 0.265. The van der Waals surface area contributed by atoms with E-state index in [2.05, 4.69) is 24.4 Å². The first-order valence-electron chi connectivity index (χ1n) is 11.9. The van der Waals surface area contributed by atoms with E-state index in [1.165, 1.54) is 11.1 Å². The number of thioether (sulfide) groups is 1. The molecule has 1 atom stereocenters. The minimum Gasteiger partial charge on any atom is -0.493 e. The Hall–Kier alpha value is -2.34. The normalized spacial score (nSPS) is 15.3. The number of benzene rings is 3. The van der Waals surface area contributed by atoms with E-state index in [0.29, 0.717) is 24.3 Å². The van der Waals surface area contributed by atoms with Crippen LogP contribution in [0.15, 0.2) is 66.7 Å². The molecule has 1 unspecified atom stereocenters. The Labute approximate surface area is 212 Å². The van der Waals surface area contributed by atoms with E-state index in [0.717, 1.165) is 60.3 Å². The molecule has 0 bridgehead atoms. The predicted octanol–water partition coefficient (Wildman–Crippen LogP) is 7.66. The zero-order valence-electron chi connectivity index (χ0n) is 19.6. The molecule has 0 radical (unpaired) electrons. The Morgan fingerprint density at radius 3 is 2.38 bits per heavy atom. The van der Waals surface area contributed by atoms with Crippen molar-refractivity contribution in [1.82, 2.24) is 5.32 Å². The second kappa shape index (κ2) is 12.9. The molecule has 1 heterocycles. The molecular weight excluding hydrogens is 466 g/mol. The fraction of sp³-hybridized carbons (Fsp3) is 0.357. The highest BCUT2D eigenvalue weighted by Crippen LogP contribution is 2.32. The zero-order valence-corrected chi connectivity index (χ0v) is 21.2. The lowest BCUT2D eigenvalue weighted by Crippen LogP contribution is -2.14. The monoisotopic (exact) mass is 497 g/mol. The van der Waals surface area contributed by atoms with Crippen molar-refractivity contribution >= 4 is 23.4 Å². The number of hydrogen-bond donors (Lipinski definition) is 1. The minimum absolute atomic E-state index is 0.380. The summed E-state index contributed by atoms with van der Waals surface area (Å²) >= 11 is 8.35. The number of rotatable bonds is 12. The van der Waals surface area contributed by atoms with Crippen LogP contribution in [0.4, 0.5) is 0 Å². The van der Waals surface area contributed by atoms with Gasteiger partial charge in [-0.25, -0.2) is 0 Å². The first-order chi connectivity index (χ1) is 16.7. The van der Waals surface area contributed by atoms with Gasteiger partial charge in [0.2, 0.25) is 0 Å². The number of unbranched alkanes of at least 4 members (excludes halogenated alkanes) is 1. The third-order valence-corrected chi connectivity index (χ3v) is 6.89. The fourth-order valence-corrected chi connectivity index (χ4v) is 5.10. The van der Waals surface area contributed by atoms with E-state index in [1.54, 1.807) is 0 Å². The van der Waals surface area contributed by atoms with Crippen LogP contribution in [0.5, 0.6) is 23.0 Å². The Bertz CT molecular complexity index is 1040. The van der Waals surface area contributed by atoms with Crippen LogP contribution in [0.1, 0.15) is 43.4 Å². The van der Waals surface area contributed by atoms with Crippen molar-refractivity contribution in [2.45, 2.75) is 38.6 Å². The molecule has 34 heavy (non-hydrogen) atoms. The Morgan fingerprint density at radius 2 is 1.68 bits per heavy atom. The molecule has 0 amide bonds. The van der Waals surface area contributed by atoms with E-state index in [-0.39, 0.29) is 0 Å². The van der Waals surface area contributed by atoms with Gasteiger partial charge in [-0.2, -0.15) is 0 Å². The average molecular weight is 498 g/mol. The summed E-state index contributed by atoms with van der Waals surface area (Å²) in [6, 6.07) is 22.4. The molecule has 0 aliphatic carbocycles. The van der Waals surface area contributed by atoms with Crippen LogP contribution in [-0.2, 0) is 6.42 Å². The number of ether oxygens (including phenoxy) is 3. The minimum atomic E-state index is 0.380. The number of hydrogen-bond acceptors (Lipinski definition) is 5. The maximum absolute atomic E-state index is 6.44. The summed E-state index contributed by atoms with van der Waals surface area (Å²) in [5.74, 6) is 5.42. The van der Waals surface area contributed by atoms with Gasteiger partial charge in [0.05, 0.1) is 18.2 Å². The second-order valence-corrected chi connectivity index (χ2v) is 9.74. The van der Waals surface area contributed by atoms with E-state index < -0.39 is 0 Å². The van der Waals surface area contributed by atoms with Gasteiger partial charge in [0.1, 0.15) is 23.0 Å². The molecule has 1 saturated heterocycles. The van der Waals surface area contributed by atoms with Gasteiger partial charge in [-0.05, 0) is 72.9 Å². The molecule has 4 nitrogen and oxygen atoms in total. The molecular formula is C28H32ClNO3S. The smallest absolute Gasteiger partial charge is 0.137 e. The van der Waals surface area contributed by atoms with E-state index in [4.69, 9.17) is 25.8 Å². The molecule has 1 N–H and O–H groups in total. The van der Waals surface area contributed by atoms with Gasteiger partial charge >= 0.3 is 0 Å². The number of halogens is 1. The molecule has 180 valence electrons. The lowest BCUT2D eigenvalue weighted by atomic mass is 10.1. The van der Waals surface area contributed by atoms with Crippen LogP contribution in [0.2, 0.25) is 5.02 Å². The van der Waals surface area contributed by atoms with Crippen molar-refractivity contribution in [3.63, 3.8) is 0 Å². The van der Waals surface area contributed by atoms with Gasteiger partial charge in [-0.1, -0.05) is 49.2 Å². The number of nitrogens with one attached hydrogen (secondary N) is 1. The third kappa shape index (κ3) is 7.08. The number of aryl methyl sites for hydroxylation is 1. The molecule has 1 aliphatic rings. The van der Waals surface area contributed by atoms with Crippen LogP contribution in [0.25, 0.3) is 0 Å². The molecule has 3 aromatic rings. The highest BCUT2D eigenvalue weighted by atomic mass is 35.5. The molecule has 1 aliphatic heterocycles. The van der Waals surface area contributed by atoms with Gasteiger partial charge in [0.25, 0.3) is 0 Å². The van der Waals surface area contributed by atoms with Crippen LogP contribution in [0, 0.1) is 0 Å². The maximum Gasteiger partial charge on any atom is 0.137 e. The van der Waals surface area contributed by atoms with Gasteiger partial charge in [-0.15, -0.1) is 11.8 Å². The van der Waals surface area contributed by atoms with Crippen molar-refractivity contribution in [3.8, 4) is 23.0 Å². The average Bonchev–Trinajstić information content (AvgIpc) is 3.39. The Kier molecular flexibility index (Phi) is 9.43. The van der Waals surface area contributed by atoms with Crippen LogP contribution >= 0.6 is 23.4 Å². The zero-order chi connectivity index (χ0) is 23.6. The van der Waals surface area contributed by atoms with E-state index >= 15 is 0 Å². The summed E-state index contributed by atoms with van der Waals surface area (Å²) in [7, 11) is 0. The van der Waals surface area contributed by atoms with Crippen LogP contribution in [0.3, 0.4) is 0 Å². The number of para-hydroxylation sites is 1. The topological polar surface area (TPSA) is 39.7 Å². The van der Waals surface area contributed by atoms with Gasteiger partial charge < -0.3 is 19.5 Å². The SMILES string of the molecule is CCCc1cc(Oc2ccccc2)ccc1OCCCCOc1ccc(C2CSCN2)cc1Cl. The summed E-state index contributed by atoms with van der Waals surface area (Å²) in [6.07, 6.45) is 3.81. The quantitative estimate of drug-likeness (QED) is 0.260. The summed E-state index contributed by atoms with van der Waals surface area (Å²) < 4.78 is 18.0. The van der Waals surface area contributed by atoms with Crippen molar-refractivity contribution in [2.24, 2.45) is 0 Å². The van der Waals surface area contributed by atoms with Crippen LogP contribution < -0.4 is 19.5 Å². The predicted molar refractivity (Wildman–Crippen MR) is 142 cm³/mol. The largest absolute Gasteiger partial charge is 0.493 e. The lowest BCUT2D eigenvalue weighted by Gasteiger charge is -2.14. The summed E-state index contributed by atoms with van der Waals surface area (Å²) in [5.41, 5.74) is 2.40. The fourth-order valence-electron chi connectivity index (χ4n) is 3.88. The molecule has 0 aromatic heterocycles. The van der Waals surface area contributed by atoms with Gasteiger partial charge in [0, 0.05) is 17.7 Å². The first kappa shape index (κ1) is 24.8. The molecule has 4 rings (SSSR count). The summed E-state index contributed by atoms with van der Waals surface area (Å²) in [5, 5.41) is 4.14. The maximum atomic E-state index is 6.44. The van der Waals surface area contributed by atoms with Crippen molar-refractivity contribution < 1.29 is 14.2 Å². The van der Waals surface area contributed by atoms with Crippen LogP contribution in [-0.4, -0.2) is 24.8 Å². The Morgan fingerprint density at radius 1 is 0.912 bits per heavy atom. The molecule has 0 saturated carbocycles. The van der Waals surface area contributed by atoms with Crippen molar-refractivity contribution in [3.05, 3.63) is 82.9 Å². The molecule has 0 spiro atoms. The first-order valence-corrected chi connectivity index (χ1v) is 13.5. The van der Waals surface area contributed by atoms with Crippen molar-refractivity contribution in [1.29, 1.82) is 0 Å².